The Labute approximate surface area is 151 Å². The topological polar surface area (TPSA) is 19.0 Å². The Kier molecular flexibility index (Phi) is 5.95. The van der Waals surface area contributed by atoms with Gasteiger partial charge in [0.1, 0.15) is 13.5 Å². The molecule has 1 aliphatic rings. The Morgan fingerprint density at radius 3 is 2.40 bits per heavy atom. The summed E-state index contributed by atoms with van der Waals surface area (Å²) >= 11 is 0. The first-order chi connectivity index (χ1) is 12.2. The monoisotopic (exact) mass is 339 g/mol. The summed E-state index contributed by atoms with van der Waals surface area (Å²) in [6, 6.07) is 17.6. The van der Waals surface area contributed by atoms with Crippen molar-refractivity contribution < 1.29 is 4.74 Å². The van der Waals surface area contributed by atoms with Gasteiger partial charge in [-0.1, -0.05) is 43.3 Å². The van der Waals surface area contributed by atoms with E-state index in [9.17, 15) is 0 Å². The van der Waals surface area contributed by atoms with Gasteiger partial charge in [-0.15, -0.1) is 0 Å². The van der Waals surface area contributed by atoms with Crippen LogP contribution in [0.1, 0.15) is 18.1 Å². The number of aryl methyl sites for hydroxylation is 1. The molecule has 0 N–H and O–H groups in total. The summed E-state index contributed by atoms with van der Waals surface area (Å²) in [6.45, 7) is 6.52. The van der Waals surface area contributed by atoms with Crippen molar-refractivity contribution >= 4 is 11.4 Å². The number of likely N-dealkylation sites (N-methyl/N-ethyl adjacent to an activating group) is 1. The fraction of sp³-hybridized carbons (Fsp3) is 0.429. The summed E-state index contributed by atoms with van der Waals surface area (Å²) in [4.78, 5) is 7.01. The first kappa shape index (κ1) is 17.8. The summed E-state index contributed by atoms with van der Waals surface area (Å²) in [5.74, 6) is 0. The standard InChI is InChI=1S/C21H29N3O/c1-4-18-8-7-9-19(14-18)15-23(13-12-22(2)3)20-10-5-6-11-21(20)24-16-25-17-24/h5-11,14H,4,12-13,15-17H2,1-3H3. The lowest BCUT2D eigenvalue weighted by Crippen LogP contribution is -2.41. The molecule has 0 saturated carbocycles. The molecule has 25 heavy (non-hydrogen) atoms. The van der Waals surface area contributed by atoms with Crippen molar-refractivity contribution in [3.8, 4) is 0 Å². The van der Waals surface area contributed by atoms with Gasteiger partial charge in [0.2, 0.25) is 0 Å². The maximum atomic E-state index is 5.37. The Bertz CT molecular complexity index is 682. The lowest BCUT2D eigenvalue weighted by molar-refractivity contribution is 0.0407. The fourth-order valence-electron chi connectivity index (χ4n) is 3.09. The van der Waals surface area contributed by atoms with E-state index in [4.69, 9.17) is 4.74 Å². The van der Waals surface area contributed by atoms with E-state index < -0.39 is 0 Å². The molecule has 2 aromatic carbocycles. The third-order valence-electron chi connectivity index (χ3n) is 4.65. The van der Waals surface area contributed by atoms with Crippen LogP contribution < -0.4 is 9.80 Å². The molecule has 4 nitrogen and oxygen atoms in total. The Balaban J connectivity index is 1.86. The molecule has 0 spiro atoms. The third kappa shape index (κ3) is 4.53. The van der Waals surface area contributed by atoms with Crippen molar-refractivity contribution in [3.05, 3.63) is 59.7 Å². The van der Waals surface area contributed by atoms with Gasteiger partial charge in [0.15, 0.2) is 0 Å². The molecule has 0 aliphatic carbocycles. The van der Waals surface area contributed by atoms with Crippen LogP contribution in [0.4, 0.5) is 11.4 Å². The molecule has 0 aromatic heterocycles. The number of hydrogen-bond acceptors (Lipinski definition) is 4. The molecule has 1 saturated heterocycles. The number of anilines is 2. The molecule has 0 atom stereocenters. The minimum absolute atomic E-state index is 0.684. The molecule has 134 valence electrons. The summed E-state index contributed by atoms with van der Waals surface area (Å²) in [5, 5.41) is 0. The lowest BCUT2D eigenvalue weighted by Gasteiger charge is -2.37. The summed E-state index contributed by atoms with van der Waals surface area (Å²) in [6.07, 6.45) is 1.08. The van der Waals surface area contributed by atoms with Crippen LogP contribution in [0.15, 0.2) is 48.5 Å². The van der Waals surface area contributed by atoms with E-state index >= 15 is 0 Å². The zero-order valence-electron chi connectivity index (χ0n) is 15.6. The summed E-state index contributed by atoms with van der Waals surface area (Å²) in [7, 11) is 4.26. The molecule has 0 amide bonds. The zero-order chi connectivity index (χ0) is 17.6. The van der Waals surface area contributed by atoms with Gasteiger partial charge in [0.05, 0.1) is 11.4 Å². The first-order valence-corrected chi connectivity index (χ1v) is 9.06. The van der Waals surface area contributed by atoms with Gasteiger partial charge >= 0.3 is 0 Å². The van der Waals surface area contributed by atoms with Crippen LogP contribution in [0.5, 0.6) is 0 Å². The van der Waals surface area contributed by atoms with E-state index in [-0.39, 0.29) is 0 Å². The molecular formula is C21H29N3O. The van der Waals surface area contributed by atoms with Crippen LogP contribution in [-0.4, -0.2) is 45.5 Å². The van der Waals surface area contributed by atoms with Crippen molar-refractivity contribution in [2.45, 2.75) is 19.9 Å². The van der Waals surface area contributed by atoms with Gasteiger partial charge in [-0.05, 0) is 43.8 Å². The van der Waals surface area contributed by atoms with Crippen molar-refractivity contribution in [3.63, 3.8) is 0 Å². The largest absolute Gasteiger partial charge is 0.364 e. The molecule has 0 bridgehead atoms. The highest BCUT2D eigenvalue weighted by Crippen LogP contribution is 2.32. The van der Waals surface area contributed by atoms with Crippen LogP contribution in [0.25, 0.3) is 0 Å². The number of hydrogen-bond donors (Lipinski definition) is 0. The third-order valence-corrected chi connectivity index (χ3v) is 4.65. The maximum Gasteiger partial charge on any atom is 0.123 e. The minimum Gasteiger partial charge on any atom is -0.364 e. The van der Waals surface area contributed by atoms with Crippen LogP contribution in [-0.2, 0) is 17.7 Å². The molecule has 1 heterocycles. The number of rotatable bonds is 8. The Morgan fingerprint density at radius 2 is 1.72 bits per heavy atom. The van der Waals surface area contributed by atoms with Crippen LogP contribution in [0.3, 0.4) is 0 Å². The second-order valence-corrected chi connectivity index (χ2v) is 6.89. The van der Waals surface area contributed by atoms with E-state index in [1.165, 1.54) is 22.5 Å². The average molecular weight is 339 g/mol. The van der Waals surface area contributed by atoms with Gasteiger partial charge in [-0.25, -0.2) is 0 Å². The van der Waals surface area contributed by atoms with Crippen molar-refractivity contribution in [1.82, 2.24) is 4.90 Å². The van der Waals surface area contributed by atoms with Gasteiger partial charge in [-0.2, -0.15) is 0 Å². The zero-order valence-corrected chi connectivity index (χ0v) is 15.6. The number of ether oxygens (including phenoxy) is 1. The highest BCUT2D eigenvalue weighted by Gasteiger charge is 2.21. The lowest BCUT2D eigenvalue weighted by atomic mass is 10.1. The van der Waals surface area contributed by atoms with Crippen molar-refractivity contribution in [1.29, 1.82) is 0 Å². The molecule has 1 aliphatic heterocycles. The van der Waals surface area contributed by atoms with Gasteiger partial charge in [0, 0.05) is 19.6 Å². The van der Waals surface area contributed by atoms with E-state index in [1.54, 1.807) is 0 Å². The predicted molar refractivity (Wildman–Crippen MR) is 105 cm³/mol. The van der Waals surface area contributed by atoms with Crippen LogP contribution >= 0.6 is 0 Å². The van der Waals surface area contributed by atoms with E-state index in [1.807, 2.05) is 0 Å². The SMILES string of the molecule is CCc1cccc(CN(CCN(C)C)c2ccccc2N2COC2)c1. The predicted octanol–water partition coefficient (Wildman–Crippen LogP) is 3.57. The van der Waals surface area contributed by atoms with E-state index in [2.05, 4.69) is 84.2 Å². The minimum atomic E-state index is 0.684. The molecule has 0 radical (unpaired) electrons. The molecule has 1 fully saturated rings. The van der Waals surface area contributed by atoms with Crippen molar-refractivity contribution in [2.75, 3.05) is 50.4 Å². The Hall–Kier alpha value is -2.04. The van der Waals surface area contributed by atoms with Crippen molar-refractivity contribution in [2.24, 2.45) is 0 Å². The van der Waals surface area contributed by atoms with Gasteiger partial charge in [0.25, 0.3) is 0 Å². The highest BCUT2D eigenvalue weighted by molar-refractivity contribution is 5.71. The number of benzene rings is 2. The second kappa shape index (κ2) is 8.37. The Morgan fingerprint density at radius 1 is 0.960 bits per heavy atom. The molecule has 0 unspecified atom stereocenters. The van der Waals surface area contributed by atoms with Crippen LogP contribution in [0.2, 0.25) is 0 Å². The second-order valence-electron chi connectivity index (χ2n) is 6.89. The highest BCUT2D eigenvalue weighted by atomic mass is 16.5. The van der Waals surface area contributed by atoms with Gasteiger partial charge < -0.3 is 19.4 Å². The molecule has 2 aromatic rings. The number of nitrogens with zero attached hydrogens (tertiary/aromatic N) is 3. The molecular weight excluding hydrogens is 310 g/mol. The fourth-order valence-corrected chi connectivity index (χ4v) is 3.09. The smallest absolute Gasteiger partial charge is 0.123 e. The van der Waals surface area contributed by atoms with E-state index in [0.29, 0.717) is 13.5 Å². The first-order valence-electron chi connectivity index (χ1n) is 9.06. The molecule has 4 heteroatoms. The normalized spacial score (nSPS) is 13.8. The average Bonchev–Trinajstić information content (AvgIpc) is 2.58. The number of para-hydroxylation sites is 2. The van der Waals surface area contributed by atoms with Crippen LogP contribution in [0, 0.1) is 0 Å². The quantitative estimate of drug-likeness (QED) is 0.732. The maximum absolute atomic E-state index is 5.37. The van der Waals surface area contributed by atoms with E-state index in [0.717, 1.165) is 26.1 Å². The summed E-state index contributed by atoms with van der Waals surface area (Å²) in [5.41, 5.74) is 5.32. The van der Waals surface area contributed by atoms with Gasteiger partial charge in [-0.3, -0.25) is 0 Å². The summed E-state index contributed by atoms with van der Waals surface area (Å²) < 4.78 is 5.37. The molecule has 3 rings (SSSR count).